The highest BCUT2D eigenvalue weighted by atomic mass is 79.9. The van der Waals surface area contributed by atoms with E-state index >= 15 is 0 Å². The quantitative estimate of drug-likeness (QED) is 0.775. The zero-order valence-electron chi connectivity index (χ0n) is 6.75. The molecule has 0 saturated heterocycles. The van der Waals surface area contributed by atoms with Crippen LogP contribution in [0.25, 0.3) is 0 Å². The summed E-state index contributed by atoms with van der Waals surface area (Å²) in [6, 6.07) is 8.63. The van der Waals surface area contributed by atoms with Crippen molar-refractivity contribution in [3.63, 3.8) is 0 Å². The molecule has 3 heteroatoms. The van der Waals surface area contributed by atoms with Gasteiger partial charge in [-0.15, -0.1) is 34.0 Å². The monoisotopic (exact) mass is 293 g/mol. The topological polar surface area (TPSA) is 12.0 Å². The molecular weight excluding hydrogens is 282 g/mol. The van der Waals surface area contributed by atoms with E-state index in [-0.39, 0.29) is 34.0 Å². The minimum Gasteiger partial charge on any atom is -0.312 e. The normalized spacial score (nSPS) is 13.7. The van der Waals surface area contributed by atoms with E-state index in [4.69, 9.17) is 0 Å². The highest BCUT2D eigenvalue weighted by molar-refractivity contribution is 8.93. The molecule has 1 aromatic rings. The van der Waals surface area contributed by atoms with Crippen molar-refractivity contribution in [2.75, 3.05) is 6.54 Å². The molecular formula is C9H13Br2N. The van der Waals surface area contributed by atoms with Crippen LogP contribution in [0.2, 0.25) is 0 Å². The molecule has 0 amide bonds. The molecule has 0 fully saturated rings. The van der Waals surface area contributed by atoms with Crippen LogP contribution < -0.4 is 5.32 Å². The first-order valence-electron chi connectivity index (χ1n) is 3.74. The van der Waals surface area contributed by atoms with Crippen LogP contribution in [-0.2, 0) is 13.0 Å². The van der Waals surface area contributed by atoms with Gasteiger partial charge in [-0.1, -0.05) is 24.3 Å². The lowest BCUT2D eigenvalue weighted by Gasteiger charge is -2.15. The van der Waals surface area contributed by atoms with Crippen LogP contribution in [0.5, 0.6) is 0 Å². The van der Waals surface area contributed by atoms with E-state index in [0.717, 1.165) is 13.1 Å². The van der Waals surface area contributed by atoms with Crippen molar-refractivity contribution in [3.8, 4) is 0 Å². The van der Waals surface area contributed by atoms with Gasteiger partial charge in [-0.3, -0.25) is 0 Å². The molecule has 0 unspecified atom stereocenters. The molecule has 0 aliphatic carbocycles. The molecule has 1 aromatic carbocycles. The third-order valence-electron chi connectivity index (χ3n) is 2.00. The Morgan fingerprint density at radius 2 is 1.67 bits per heavy atom. The van der Waals surface area contributed by atoms with E-state index in [0.29, 0.717) is 0 Å². The van der Waals surface area contributed by atoms with Crippen LogP contribution in [0.4, 0.5) is 0 Å². The van der Waals surface area contributed by atoms with E-state index in [2.05, 4.69) is 29.6 Å². The van der Waals surface area contributed by atoms with Crippen LogP contribution in [0, 0.1) is 0 Å². The average Bonchev–Trinajstić information content (AvgIpc) is 2.05. The zero-order valence-corrected chi connectivity index (χ0v) is 10.2. The maximum absolute atomic E-state index is 3.34. The van der Waals surface area contributed by atoms with Crippen molar-refractivity contribution in [2.45, 2.75) is 13.0 Å². The van der Waals surface area contributed by atoms with Crippen LogP contribution in [-0.4, -0.2) is 6.54 Å². The molecule has 1 aliphatic rings. The summed E-state index contributed by atoms with van der Waals surface area (Å²) in [5.74, 6) is 0. The lowest BCUT2D eigenvalue weighted by molar-refractivity contribution is 0.644. The summed E-state index contributed by atoms with van der Waals surface area (Å²) in [5, 5.41) is 3.34. The van der Waals surface area contributed by atoms with E-state index in [1.54, 1.807) is 0 Å². The highest BCUT2D eigenvalue weighted by Crippen LogP contribution is 2.11. The molecule has 1 heterocycles. The number of fused-ring (bicyclic) bond motifs is 1. The third-order valence-corrected chi connectivity index (χ3v) is 2.00. The first kappa shape index (κ1) is 12.1. The zero-order chi connectivity index (χ0) is 6.81. The molecule has 2 rings (SSSR count). The van der Waals surface area contributed by atoms with Gasteiger partial charge in [0, 0.05) is 6.54 Å². The standard InChI is InChI=1S/C9H11N.2BrH/c1-2-4-9-7-10-6-5-8(9)3-1;;/h1-4,10H,5-7H2;2*1H. The minimum atomic E-state index is 0. The van der Waals surface area contributed by atoms with Gasteiger partial charge in [-0.2, -0.15) is 0 Å². The highest BCUT2D eigenvalue weighted by Gasteiger charge is 2.05. The first-order chi connectivity index (χ1) is 4.97. The van der Waals surface area contributed by atoms with Gasteiger partial charge in [0.1, 0.15) is 0 Å². The molecule has 1 N–H and O–H groups in total. The van der Waals surface area contributed by atoms with Gasteiger partial charge in [0.2, 0.25) is 0 Å². The van der Waals surface area contributed by atoms with Crippen LogP contribution in [0.3, 0.4) is 0 Å². The number of hydrogen-bond acceptors (Lipinski definition) is 1. The first-order valence-corrected chi connectivity index (χ1v) is 3.74. The van der Waals surface area contributed by atoms with Crippen molar-refractivity contribution in [1.29, 1.82) is 0 Å². The molecule has 0 bridgehead atoms. The fourth-order valence-corrected chi connectivity index (χ4v) is 1.42. The minimum absolute atomic E-state index is 0. The van der Waals surface area contributed by atoms with Gasteiger partial charge in [0.25, 0.3) is 0 Å². The fourth-order valence-electron chi connectivity index (χ4n) is 1.42. The second-order valence-electron chi connectivity index (χ2n) is 2.70. The average molecular weight is 295 g/mol. The van der Waals surface area contributed by atoms with Crippen molar-refractivity contribution in [2.24, 2.45) is 0 Å². The fraction of sp³-hybridized carbons (Fsp3) is 0.333. The second-order valence-corrected chi connectivity index (χ2v) is 2.70. The molecule has 0 atom stereocenters. The van der Waals surface area contributed by atoms with Gasteiger partial charge in [-0.05, 0) is 24.1 Å². The van der Waals surface area contributed by atoms with Gasteiger partial charge in [0.15, 0.2) is 0 Å². The second kappa shape index (κ2) is 5.73. The summed E-state index contributed by atoms with van der Waals surface area (Å²) in [4.78, 5) is 0. The van der Waals surface area contributed by atoms with Crippen LogP contribution >= 0.6 is 34.0 Å². The molecule has 0 radical (unpaired) electrons. The van der Waals surface area contributed by atoms with Crippen molar-refractivity contribution >= 4 is 34.0 Å². The Bertz CT molecular complexity index is 213. The van der Waals surface area contributed by atoms with Gasteiger partial charge < -0.3 is 5.32 Å². The van der Waals surface area contributed by atoms with Crippen LogP contribution in [0.1, 0.15) is 11.1 Å². The van der Waals surface area contributed by atoms with Crippen molar-refractivity contribution in [1.82, 2.24) is 5.32 Å². The Labute approximate surface area is 94.1 Å². The lowest BCUT2D eigenvalue weighted by Crippen LogP contribution is -2.23. The van der Waals surface area contributed by atoms with E-state index in [1.807, 2.05) is 0 Å². The van der Waals surface area contributed by atoms with Gasteiger partial charge >= 0.3 is 0 Å². The Morgan fingerprint density at radius 1 is 1.00 bits per heavy atom. The number of benzene rings is 1. The maximum atomic E-state index is 3.34. The SMILES string of the molecule is Br.Br.c1ccc2c(c1)CCNC2. The number of hydrogen-bond donors (Lipinski definition) is 1. The summed E-state index contributed by atoms with van der Waals surface area (Å²) < 4.78 is 0. The van der Waals surface area contributed by atoms with Gasteiger partial charge in [-0.25, -0.2) is 0 Å². The van der Waals surface area contributed by atoms with E-state index in [1.165, 1.54) is 17.5 Å². The summed E-state index contributed by atoms with van der Waals surface area (Å²) >= 11 is 0. The van der Waals surface area contributed by atoms with Crippen molar-refractivity contribution in [3.05, 3.63) is 35.4 Å². The Balaban J connectivity index is 0.000000605. The Hall–Kier alpha value is 0.140. The Kier molecular flexibility index (Phi) is 5.80. The summed E-state index contributed by atoms with van der Waals surface area (Å²) in [6.45, 7) is 2.19. The summed E-state index contributed by atoms with van der Waals surface area (Å²) in [7, 11) is 0. The molecule has 0 saturated carbocycles. The van der Waals surface area contributed by atoms with Crippen LogP contribution in [0.15, 0.2) is 24.3 Å². The largest absolute Gasteiger partial charge is 0.312 e. The maximum Gasteiger partial charge on any atom is 0.0208 e. The summed E-state index contributed by atoms with van der Waals surface area (Å²) in [5.41, 5.74) is 2.98. The van der Waals surface area contributed by atoms with E-state index < -0.39 is 0 Å². The number of halogens is 2. The lowest BCUT2D eigenvalue weighted by atomic mass is 10.0. The smallest absolute Gasteiger partial charge is 0.0208 e. The third kappa shape index (κ3) is 2.57. The van der Waals surface area contributed by atoms with Gasteiger partial charge in [0.05, 0.1) is 0 Å². The molecule has 0 spiro atoms. The number of nitrogens with one attached hydrogen (secondary N) is 1. The molecule has 68 valence electrons. The predicted octanol–water partition coefficient (Wildman–Crippen LogP) is 2.49. The molecule has 0 aromatic heterocycles. The summed E-state index contributed by atoms with van der Waals surface area (Å²) in [6.07, 6.45) is 1.19. The molecule has 1 nitrogen and oxygen atoms in total. The Morgan fingerprint density at radius 3 is 2.33 bits per heavy atom. The predicted molar refractivity (Wildman–Crippen MR) is 62.5 cm³/mol. The number of rotatable bonds is 0. The molecule has 1 aliphatic heterocycles. The van der Waals surface area contributed by atoms with E-state index in [9.17, 15) is 0 Å². The molecule has 12 heavy (non-hydrogen) atoms. The van der Waals surface area contributed by atoms with Crippen molar-refractivity contribution < 1.29 is 0 Å².